The maximum absolute atomic E-state index is 12.3. The molecule has 5 nitrogen and oxygen atoms in total. The van der Waals surface area contributed by atoms with Crippen LogP contribution in [0.2, 0.25) is 0 Å². The van der Waals surface area contributed by atoms with E-state index < -0.39 is 11.6 Å². The largest absolute Gasteiger partial charge is 0.385 e. The predicted octanol–water partition coefficient (Wildman–Crippen LogP) is 7.41. The number of hydrogen-bond acceptors (Lipinski definition) is 3. The van der Waals surface area contributed by atoms with Gasteiger partial charge in [-0.3, -0.25) is 4.90 Å². The molecule has 2 aromatic heterocycles. The van der Waals surface area contributed by atoms with E-state index in [-0.39, 0.29) is 0 Å². The fraction of sp³-hybridized carbons (Fsp3) is 0.256. The van der Waals surface area contributed by atoms with E-state index in [1.807, 2.05) is 12.5 Å². The van der Waals surface area contributed by atoms with Crippen LogP contribution in [0.1, 0.15) is 64.2 Å². The molecule has 2 unspecified atom stereocenters. The Labute approximate surface area is 259 Å². The number of imidazole rings is 1. The van der Waals surface area contributed by atoms with Crippen LogP contribution >= 0.6 is 0 Å². The van der Waals surface area contributed by atoms with Crippen molar-refractivity contribution in [1.29, 1.82) is 0 Å². The molecule has 2 aliphatic heterocycles. The second kappa shape index (κ2) is 10.9. The molecular weight excluding hydrogens is 540 g/mol. The molecule has 5 heteroatoms. The number of aliphatic hydroxyl groups excluding tert-OH is 1. The van der Waals surface area contributed by atoms with Crippen molar-refractivity contribution >= 4 is 10.9 Å². The summed E-state index contributed by atoms with van der Waals surface area (Å²) in [5.74, 6) is 0. The van der Waals surface area contributed by atoms with Gasteiger partial charge in [0, 0.05) is 35.6 Å². The second-order valence-corrected chi connectivity index (χ2v) is 12.4. The Hall–Kier alpha value is -4.45. The average molecular weight is 579 g/mol. The van der Waals surface area contributed by atoms with E-state index in [0.717, 1.165) is 35.3 Å². The van der Waals surface area contributed by atoms with Crippen molar-refractivity contribution in [1.82, 2.24) is 19.0 Å². The maximum Gasteiger partial charge on any atom is 0.122 e. The lowest BCUT2D eigenvalue weighted by Crippen LogP contribution is -2.39. The molecule has 0 aliphatic carbocycles. The Morgan fingerprint density at radius 2 is 1.48 bits per heavy atom. The average Bonchev–Trinajstić information content (AvgIpc) is 3.82. The van der Waals surface area contributed by atoms with Gasteiger partial charge >= 0.3 is 0 Å². The van der Waals surface area contributed by atoms with E-state index >= 15 is 0 Å². The molecule has 1 saturated heterocycles. The van der Waals surface area contributed by atoms with Crippen molar-refractivity contribution in [3.8, 4) is 0 Å². The molecular formula is C39H38N4O. The Kier molecular flexibility index (Phi) is 6.73. The Bertz CT molecular complexity index is 1810. The first-order valence-electron chi connectivity index (χ1n) is 15.9. The van der Waals surface area contributed by atoms with Gasteiger partial charge in [0.25, 0.3) is 0 Å². The normalized spacial score (nSPS) is 17.5. The molecule has 4 aromatic carbocycles. The molecule has 1 N–H and O–H groups in total. The summed E-state index contributed by atoms with van der Waals surface area (Å²) >= 11 is 0. The van der Waals surface area contributed by atoms with E-state index in [9.17, 15) is 5.11 Å². The Morgan fingerprint density at radius 1 is 0.841 bits per heavy atom. The zero-order valence-corrected chi connectivity index (χ0v) is 25.2. The summed E-state index contributed by atoms with van der Waals surface area (Å²) in [6.07, 6.45) is 6.46. The third-order valence-corrected chi connectivity index (χ3v) is 10.0. The molecule has 0 radical (unpaired) electrons. The van der Waals surface area contributed by atoms with Gasteiger partial charge in [-0.1, -0.05) is 103 Å². The molecule has 2 aliphatic rings. The zero-order chi connectivity index (χ0) is 29.7. The van der Waals surface area contributed by atoms with Gasteiger partial charge < -0.3 is 14.2 Å². The molecule has 1 fully saturated rings. The zero-order valence-electron chi connectivity index (χ0n) is 25.2. The first kappa shape index (κ1) is 27.1. The lowest BCUT2D eigenvalue weighted by molar-refractivity contribution is 0.143. The number of aromatic nitrogens is 3. The van der Waals surface area contributed by atoms with Gasteiger partial charge in [0.1, 0.15) is 11.6 Å². The third-order valence-electron chi connectivity index (χ3n) is 10.0. The van der Waals surface area contributed by atoms with Crippen LogP contribution in [0, 0.1) is 6.92 Å². The molecule has 220 valence electrons. The van der Waals surface area contributed by atoms with Crippen LogP contribution < -0.4 is 0 Å². The molecule has 4 heterocycles. The number of nitrogens with zero attached hydrogens (tertiary/aromatic N) is 4. The highest BCUT2D eigenvalue weighted by molar-refractivity contribution is 5.87. The van der Waals surface area contributed by atoms with Gasteiger partial charge in [-0.25, -0.2) is 4.98 Å². The molecule has 0 amide bonds. The fourth-order valence-corrected chi connectivity index (χ4v) is 8.12. The summed E-state index contributed by atoms with van der Waals surface area (Å²) in [6, 6.07) is 39.1. The van der Waals surface area contributed by atoms with Crippen LogP contribution in [0.25, 0.3) is 10.9 Å². The molecule has 0 spiro atoms. The topological polar surface area (TPSA) is 46.2 Å². The van der Waals surface area contributed by atoms with Gasteiger partial charge in [-0.2, -0.15) is 0 Å². The minimum absolute atomic E-state index is 0.474. The van der Waals surface area contributed by atoms with Crippen molar-refractivity contribution in [2.75, 3.05) is 13.1 Å². The number of hydrogen-bond donors (Lipinski definition) is 1. The number of benzene rings is 4. The van der Waals surface area contributed by atoms with Gasteiger partial charge in [0.2, 0.25) is 0 Å². The van der Waals surface area contributed by atoms with Gasteiger partial charge in [0.15, 0.2) is 0 Å². The van der Waals surface area contributed by atoms with Crippen LogP contribution in [0.15, 0.2) is 122 Å². The molecule has 8 rings (SSSR count). The van der Waals surface area contributed by atoms with Gasteiger partial charge in [-0.15, -0.1) is 0 Å². The smallest absolute Gasteiger partial charge is 0.122 e. The van der Waals surface area contributed by atoms with Crippen molar-refractivity contribution in [3.05, 3.63) is 161 Å². The number of fused-ring (bicyclic) bond motifs is 5. The lowest BCUT2D eigenvalue weighted by Gasteiger charge is -2.39. The van der Waals surface area contributed by atoms with Crippen molar-refractivity contribution in [3.63, 3.8) is 0 Å². The number of aliphatic hydroxyl groups is 1. The number of rotatable bonds is 7. The standard InChI is InChI=1S/C39H38N4O/c1-28-19-20-33-32(24-28)38-34-18-11-22-41(34)23-21-35(38)42(33)26-37(44)36-25-40-27-43(36)39(29-12-5-2-6-13-29,30-14-7-3-8-15-30)31-16-9-4-10-17-31/h2-10,12-17,19-20,24-25,27,34,37,44H,11,18,21-23,26H2,1H3. The summed E-state index contributed by atoms with van der Waals surface area (Å²) in [4.78, 5) is 7.37. The molecule has 0 bridgehead atoms. The Morgan fingerprint density at radius 3 is 2.11 bits per heavy atom. The summed E-state index contributed by atoms with van der Waals surface area (Å²) in [7, 11) is 0. The van der Waals surface area contributed by atoms with Crippen LogP contribution in [0.3, 0.4) is 0 Å². The highest BCUT2D eigenvalue weighted by Crippen LogP contribution is 2.45. The van der Waals surface area contributed by atoms with Gasteiger partial charge in [-0.05, 0) is 60.7 Å². The van der Waals surface area contributed by atoms with Crippen molar-refractivity contribution < 1.29 is 5.11 Å². The monoisotopic (exact) mass is 578 g/mol. The highest BCUT2D eigenvalue weighted by Gasteiger charge is 2.41. The van der Waals surface area contributed by atoms with Gasteiger partial charge in [0.05, 0.1) is 24.8 Å². The Balaban J connectivity index is 1.30. The van der Waals surface area contributed by atoms with Crippen LogP contribution in [0.5, 0.6) is 0 Å². The van der Waals surface area contributed by atoms with Crippen LogP contribution in [-0.4, -0.2) is 37.2 Å². The van der Waals surface area contributed by atoms with E-state index in [0.29, 0.717) is 12.6 Å². The summed E-state index contributed by atoms with van der Waals surface area (Å²) < 4.78 is 4.62. The minimum atomic E-state index is -0.768. The molecule has 6 aromatic rings. The SMILES string of the molecule is Cc1ccc2c(c1)c1c(n2CC(O)c2cncn2C(c2ccccc2)(c2ccccc2)c2ccccc2)CCN2CCCC12. The molecule has 44 heavy (non-hydrogen) atoms. The summed E-state index contributed by atoms with van der Waals surface area (Å²) in [5.41, 5.74) is 8.79. The summed E-state index contributed by atoms with van der Waals surface area (Å²) in [6.45, 7) is 4.93. The summed E-state index contributed by atoms with van der Waals surface area (Å²) in [5, 5.41) is 13.6. The van der Waals surface area contributed by atoms with E-state index in [4.69, 9.17) is 4.98 Å². The fourth-order valence-electron chi connectivity index (χ4n) is 8.12. The van der Waals surface area contributed by atoms with Crippen molar-refractivity contribution in [2.24, 2.45) is 0 Å². The first-order chi connectivity index (χ1) is 21.7. The van der Waals surface area contributed by atoms with E-state index in [1.165, 1.54) is 47.1 Å². The van der Waals surface area contributed by atoms with E-state index in [2.05, 4.69) is 130 Å². The number of aryl methyl sites for hydroxylation is 1. The quantitative estimate of drug-likeness (QED) is 0.201. The minimum Gasteiger partial charge on any atom is -0.385 e. The highest BCUT2D eigenvalue weighted by atomic mass is 16.3. The second-order valence-electron chi connectivity index (χ2n) is 12.4. The first-order valence-corrected chi connectivity index (χ1v) is 15.9. The lowest BCUT2D eigenvalue weighted by atomic mass is 9.76. The van der Waals surface area contributed by atoms with Crippen LogP contribution in [0.4, 0.5) is 0 Å². The van der Waals surface area contributed by atoms with Crippen molar-refractivity contribution in [2.45, 2.75) is 50.4 Å². The third kappa shape index (κ3) is 4.18. The molecule has 2 atom stereocenters. The predicted molar refractivity (Wildman–Crippen MR) is 176 cm³/mol. The van der Waals surface area contributed by atoms with Crippen LogP contribution in [-0.2, 0) is 18.5 Å². The maximum atomic E-state index is 12.3. The molecule has 0 saturated carbocycles. The van der Waals surface area contributed by atoms with E-state index in [1.54, 1.807) is 0 Å².